The van der Waals surface area contributed by atoms with Crippen molar-refractivity contribution in [3.05, 3.63) is 11.7 Å². The van der Waals surface area contributed by atoms with Crippen molar-refractivity contribution in [2.45, 2.75) is 31.4 Å². The number of aliphatic hydroxyl groups is 1. The lowest BCUT2D eigenvalue weighted by Crippen LogP contribution is -2.37. The van der Waals surface area contributed by atoms with Crippen LogP contribution in [0.5, 0.6) is 0 Å². The highest BCUT2D eigenvalue weighted by molar-refractivity contribution is 5.04. The second-order valence-corrected chi connectivity index (χ2v) is 4.28. The molecule has 0 radical (unpaired) electrons. The van der Waals surface area contributed by atoms with E-state index in [0.717, 1.165) is 0 Å². The zero-order chi connectivity index (χ0) is 13.0. The van der Waals surface area contributed by atoms with E-state index in [1.807, 2.05) is 6.92 Å². The van der Waals surface area contributed by atoms with E-state index >= 15 is 0 Å². The SMILES string of the molecule is CCOC1(c2noc(C(N)CO)n2)CCOCC1. The van der Waals surface area contributed by atoms with Gasteiger partial charge < -0.3 is 24.8 Å². The smallest absolute Gasteiger partial charge is 0.246 e. The number of hydrogen-bond acceptors (Lipinski definition) is 7. The van der Waals surface area contributed by atoms with Crippen LogP contribution in [0.4, 0.5) is 0 Å². The summed E-state index contributed by atoms with van der Waals surface area (Å²) < 4.78 is 16.2. The van der Waals surface area contributed by atoms with Crippen LogP contribution < -0.4 is 5.73 Å². The van der Waals surface area contributed by atoms with Gasteiger partial charge in [-0.25, -0.2) is 0 Å². The van der Waals surface area contributed by atoms with Crippen LogP contribution in [0.25, 0.3) is 0 Å². The lowest BCUT2D eigenvalue weighted by atomic mass is 9.93. The molecular formula is C11H19N3O4. The quantitative estimate of drug-likeness (QED) is 0.771. The minimum Gasteiger partial charge on any atom is -0.394 e. The fraction of sp³-hybridized carbons (Fsp3) is 0.818. The van der Waals surface area contributed by atoms with Gasteiger partial charge in [-0.05, 0) is 6.92 Å². The molecule has 3 N–H and O–H groups in total. The molecule has 0 aromatic carbocycles. The van der Waals surface area contributed by atoms with Crippen molar-refractivity contribution in [3.8, 4) is 0 Å². The Bertz CT molecular complexity index is 371. The first-order valence-corrected chi connectivity index (χ1v) is 6.14. The standard InChI is InChI=1S/C11H19N3O4/c1-2-17-11(3-5-16-6-4-11)10-13-9(18-14-10)8(12)7-15/h8,15H,2-7,12H2,1H3. The summed E-state index contributed by atoms with van der Waals surface area (Å²) in [5.74, 6) is 0.726. The molecule has 0 saturated carbocycles. The third-order valence-electron chi connectivity index (χ3n) is 3.08. The molecule has 1 unspecified atom stereocenters. The van der Waals surface area contributed by atoms with Crippen LogP contribution in [0, 0.1) is 0 Å². The Hall–Kier alpha value is -1.02. The maximum absolute atomic E-state index is 8.97. The van der Waals surface area contributed by atoms with Crippen molar-refractivity contribution in [3.63, 3.8) is 0 Å². The maximum atomic E-state index is 8.97. The fourth-order valence-corrected chi connectivity index (χ4v) is 2.06. The van der Waals surface area contributed by atoms with Crippen molar-refractivity contribution < 1.29 is 19.1 Å². The highest BCUT2D eigenvalue weighted by atomic mass is 16.5. The number of nitrogens with zero attached hydrogens (tertiary/aromatic N) is 2. The molecule has 1 saturated heterocycles. The van der Waals surface area contributed by atoms with Crippen molar-refractivity contribution in [2.75, 3.05) is 26.4 Å². The Morgan fingerprint density at radius 2 is 2.22 bits per heavy atom. The largest absolute Gasteiger partial charge is 0.394 e. The predicted molar refractivity (Wildman–Crippen MR) is 61.7 cm³/mol. The van der Waals surface area contributed by atoms with E-state index < -0.39 is 11.6 Å². The van der Waals surface area contributed by atoms with E-state index in [1.165, 1.54) is 0 Å². The summed E-state index contributed by atoms with van der Waals surface area (Å²) in [6.07, 6.45) is 1.38. The molecule has 7 heteroatoms. The Morgan fingerprint density at radius 1 is 1.50 bits per heavy atom. The third kappa shape index (κ3) is 2.54. The zero-order valence-corrected chi connectivity index (χ0v) is 10.5. The number of nitrogens with two attached hydrogens (primary N) is 1. The van der Waals surface area contributed by atoms with Gasteiger partial charge in [0.05, 0.1) is 6.61 Å². The van der Waals surface area contributed by atoms with Crippen LogP contribution in [0.2, 0.25) is 0 Å². The molecule has 1 atom stereocenters. The van der Waals surface area contributed by atoms with Crippen LogP contribution in [0.15, 0.2) is 4.52 Å². The van der Waals surface area contributed by atoms with Crippen molar-refractivity contribution >= 4 is 0 Å². The van der Waals surface area contributed by atoms with Gasteiger partial charge in [-0.2, -0.15) is 4.98 Å². The molecule has 7 nitrogen and oxygen atoms in total. The van der Waals surface area contributed by atoms with Gasteiger partial charge in [0.25, 0.3) is 0 Å². The lowest BCUT2D eigenvalue weighted by molar-refractivity contribution is -0.118. The first-order valence-electron chi connectivity index (χ1n) is 6.14. The van der Waals surface area contributed by atoms with Gasteiger partial charge in [-0.15, -0.1) is 0 Å². The fourth-order valence-electron chi connectivity index (χ4n) is 2.06. The van der Waals surface area contributed by atoms with E-state index in [-0.39, 0.29) is 12.5 Å². The molecule has 1 aliphatic rings. The topological polar surface area (TPSA) is 104 Å². The van der Waals surface area contributed by atoms with Crippen molar-refractivity contribution in [2.24, 2.45) is 5.73 Å². The van der Waals surface area contributed by atoms with Crippen LogP contribution in [-0.4, -0.2) is 41.7 Å². The highest BCUT2D eigenvalue weighted by Crippen LogP contribution is 2.34. The average molecular weight is 257 g/mol. The highest BCUT2D eigenvalue weighted by Gasteiger charge is 2.40. The van der Waals surface area contributed by atoms with Crippen LogP contribution in [0.1, 0.15) is 37.5 Å². The minimum absolute atomic E-state index is 0.230. The Balaban J connectivity index is 2.22. The molecule has 0 amide bonds. The second-order valence-electron chi connectivity index (χ2n) is 4.28. The first kappa shape index (κ1) is 13.4. The van der Waals surface area contributed by atoms with E-state index in [4.69, 9.17) is 24.8 Å². The van der Waals surface area contributed by atoms with Crippen LogP contribution >= 0.6 is 0 Å². The van der Waals surface area contributed by atoms with Crippen molar-refractivity contribution in [1.29, 1.82) is 0 Å². The van der Waals surface area contributed by atoms with E-state index in [0.29, 0.717) is 38.5 Å². The summed E-state index contributed by atoms with van der Waals surface area (Å²) in [4.78, 5) is 4.25. The van der Waals surface area contributed by atoms with Gasteiger partial charge in [-0.1, -0.05) is 5.16 Å². The molecule has 1 aliphatic heterocycles. The number of aliphatic hydroxyl groups excluding tert-OH is 1. The second kappa shape index (κ2) is 5.75. The summed E-state index contributed by atoms with van der Waals surface area (Å²) in [5, 5.41) is 12.9. The Morgan fingerprint density at radius 3 is 2.83 bits per heavy atom. The molecule has 2 rings (SSSR count). The molecular weight excluding hydrogens is 238 g/mol. The summed E-state index contributed by atoms with van der Waals surface area (Å²) in [7, 11) is 0. The number of ether oxygens (including phenoxy) is 2. The van der Waals surface area contributed by atoms with E-state index in [1.54, 1.807) is 0 Å². The normalized spacial score (nSPS) is 20.8. The molecule has 18 heavy (non-hydrogen) atoms. The van der Waals surface area contributed by atoms with Gasteiger partial charge in [0, 0.05) is 32.7 Å². The molecule has 1 aromatic rings. The Labute approximate surface area is 105 Å². The number of rotatable bonds is 5. The number of aromatic nitrogens is 2. The van der Waals surface area contributed by atoms with Crippen LogP contribution in [-0.2, 0) is 15.1 Å². The monoisotopic (exact) mass is 257 g/mol. The summed E-state index contributed by atoms with van der Waals surface area (Å²) in [6.45, 7) is 3.48. The zero-order valence-electron chi connectivity index (χ0n) is 10.5. The van der Waals surface area contributed by atoms with Gasteiger partial charge in [0.15, 0.2) is 0 Å². The molecule has 0 spiro atoms. The van der Waals surface area contributed by atoms with Crippen LogP contribution in [0.3, 0.4) is 0 Å². The summed E-state index contributed by atoms with van der Waals surface area (Å²) in [6, 6.07) is -0.648. The number of hydrogen-bond donors (Lipinski definition) is 2. The predicted octanol–water partition coefficient (Wildman–Crippen LogP) is 0.104. The minimum atomic E-state index is -0.648. The molecule has 0 bridgehead atoms. The lowest BCUT2D eigenvalue weighted by Gasteiger charge is -2.33. The molecule has 2 heterocycles. The van der Waals surface area contributed by atoms with Gasteiger partial charge in [0.1, 0.15) is 11.6 Å². The van der Waals surface area contributed by atoms with Crippen molar-refractivity contribution in [1.82, 2.24) is 10.1 Å². The summed E-state index contributed by atoms with van der Waals surface area (Å²) in [5.41, 5.74) is 5.09. The van der Waals surface area contributed by atoms with E-state index in [9.17, 15) is 0 Å². The summed E-state index contributed by atoms with van der Waals surface area (Å²) >= 11 is 0. The first-order chi connectivity index (χ1) is 8.72. The molecule has 1 aromatic heterocycles. The Kier molecular flexibility index (Phi) is 4.28. The third-order valence-corrected chi connectivity index (χ3v) is 3.08. The molecule has 0 aliphatic carbocycles. The maximum Gasteiger partial charge on any atom is 0.246 e. The van der Waals surface area contributed by atoms with Gasteiger partial charge in [-0.3, -0.25) is 0 Å². The van der Waals surface area contributed by atoms with E-state index in [2.05, 4.69) is 10.1 Å². The molecule has 102 valence electrons. The van der Waals surface area contributed by atoms with Gasteiger partial charge >= 0.3 is 0 Å². The average Bonchev–Trinajstić information content (AvgIpc) is 2.89. The molecule has 1 fully saturated rings. The van der Waals surface area contributed by atoms with Gasteiger partial charge in [0.2, 0.25) is 11.7 Å².